The first-order chi connectivity index (χ1) is 13.7. The van der Waals surface area contributed by atoms with E-state index in [0.717, 1.165) is 0 Å². The van der Waals surface area contributed by atoms with Crippen LogP contribution in [0.4, 0.5) is 5.69 Å². The smallest absolute Gasteiger partial charge is 0.273 e. The standard InChI is InChI=1S/C20H21Cl2N3O4/c1-3-23-20(27)13(2)24(12-15-8-9-16(21)11-17(15)22)19(26)10-14-6-4-5-7-18(14)25(28)29/h4-9,11,13H,3,10,12H2,1-2H3,(H,23,27). The zero-order chi connectivity index (χ0) is 21.6. The molecule has 0 aliphatic rings. The lowest BCUT2D eigenvalue weighted by molar-refractivity contribution is -0.385. The number of nitro groups is 1. The summed E-state index contributed by atoms with van der Waals surface area (Å²) in [5.74, 6) is -0.752. The van der Waals surface area contributed by atoms with Crippen molar-refractivity contribution in [3.8, 4) is 0 Å². The molecule has 2 rings (SSSR count). The second kappa shape index (κ2) is 10.2. The Labute approximate surface area is 178 Å². The number of nitro benzene ring substituents is 1. The lowest BCUT2D eigenvalue weighted by Crippen LogP contribution is -2.48. The molecule has 154 valence electrons. The van der Waals surface area contributed by atoms with Crippen LogP contribution in [0.2, 0.25) is 10.0 Å². The molecule has 0 saturated heterocycles. The molecular formula is C20H21Cl2N3O4. The molecule has 1 unspecified atom stereocenters. The van der Waals surface area contributed by atoms with Crippen LogP contribution in [-0.4, -0.2) is 34.2 Å². The maximum Gasteiger partial charge on any atom is 0.273 e. The first-order valence-electron chi connectivity index (χ1n) is 8.98. The van der Waals surface area contributed by atoms with E-state index in [1.165, 1.54) is 23.1 Å². The Balaban J connectivity index is 2.34. The van der Waals surface area contributed by atoms with Crippen LogP contribution in [0, 0.1) is 10.1 Å². The third kappa shape index (κ3) is 5.92. The Morgan fingerprint density at radius 3 is 2.48 bits per heavy atom. The molecular weight excluding hydrogens is 417 g/mol. The van der Waals surface area contributed by atoms with Crippen LogP contribution < -0.4 is 5.32 Å². The fourth-order valence-corrected chi connectivity index (χ4v) is 3.31. The van der Waals surface area contributed by atoms with Gasteiger partial charge in [-0.2, -0.15) is 0 Å². The highest BCUT2D eigenvalue weighted by atomic mass is 35.5. The van der Waals surface area contributed by atoms with Crippen LogP contribution in [0.3, 0.4) is 0 Å². The van der Waals surface area contributed by atoms with Crippen molar-refractivity contribution in [2.75, 3.05) is 6.54 Å². The van der Waals surface area contributed by atoms with Gasteiger partial charge < -0.3 is 10.2 Å². The minimum atomic E-state index is -0.794. The molecule has 9 heteroatoms. The number of halogens is 2. The molecule has 0 bridgehead atoms. The van der Waals surface area contributed by atoms with Crippen LogP contribution in [0.15, 0.2) is 42.5 Å². The van der Waals surface area contributed by atoms with Gasteiger partial charge in [0.25, 0.3) is 5.69 Å². The molecule has 0 aromatic heterocycles. The van der Waals surface area contributed by atoms with Gasteiger partial charge in [-0.15, -0.1) is 0 Å². The second-order valence-corrected chi connectivity index (χ2v) is 7.23. The van der Waals surface area contributed by atoms with Gasteiger partial charge in [-0.25, -0.2) is 0 Å². The SMILES string of the molecule is CCNC(=O)C(C)N(Cc1ccc(Cl)cc1Cl)C(=O)Cc1ccccc1[N+](=O)[O-]. The van der Waals surface area contributed by atoms with E-state index < -0.39 is 16.9 Å². The third-order valence-electron chi connectivity index (χ3n) is 4.40. The second-order valence-electron chi connectivity index (χ2n) is 6.39. The summed E-state index contributed by atoms with van der Waals surface area (Å²) in [6, 6.07) is 10.1. The van der Waals surface area contributed by atoms with Gasteiger partial charge in [-0.3, -0.25) is 19.7 Å². The molecule has 0 saturated carbocycles. The zero-order valence-corrected chi connectivity index (χ0v) is 17.5. The number of nitrogens with one attached hydrogen (secondary N) is 1. The molecule has 2 amide bonds. The van der Waals surface area contributed by atoms with Crippen molar-refractivity contribution in [2.24, 2.45) is 0 Å². The number of para-hydroxylation sites is 1. The van der Waals surface area contributed by atoms with Gasteiger partial charge in [0.2, 0.25) is 11.8 Å². The number of hydrogen-bond donors (Lipinski definition) is 1. The Morgan fingerprint density at radius 1 is 1.17 bits per heavy atom. The monoisotopic (exact) mass is 437 g/mol. The number of carbonyl (C=O) groups excluding carboxylic acids is 2. The average Bonchev–Trinajstić information content (AvgIpc) is 2.67. The van der Waals surface area contributed by atoms with Gasteiger partial charge in [-0.1, -0.05) is 47.5 Å². The Bertz CT molecular complexity index is 920. The van der Waals surface area contributed by atoms with Crippen LogP contribution in [0.5, 0.6) is 0 Å². The van der Waals surface area contributed by atoms with Crippen molar-refractivity contribution in [1.82, 2.24) is 10.2 Å². The quantitative estimate of drug-likeness (QED) is 0.498. The van der Waals surface area contributed by atoms with E-state index >= 15 is 0 Å². The highest BCUT2D eigenvalue weighted by Crippen LogP contribution is 2.24. The lowest BCUT2D eigenvalue weighted by atomic mass is 10.1. The number of hydrogen-bond acceptors (Lipinski definition) is 4. The van der Waals surface area contributed by atoms with Gasteiger partial charge in [-0.05, 0) is 31.5 Å². The molecule has 0 aliphatic carbocycles. The maximum absolute atomic E-state index is 13.1. The van der Waals surface area contributed by atoms with Crippen LogP contribution in [0.1, 0.15) is 25.0 Å². The lowest BCUT2D eigenvalue weighted by Gasteiger charge is -2.29. The topological polar surface area (TPSA) is 92.6 Å². The summed E-state index contributed by atoms with van der Waals surface area (Å²) in [5, 5.41) is 14.8. The van der Waals surface area contributed by atoms with Crippen molar-refractivity contribution in [3.05, 3.63) is 73.8 Å². The van der Waals surface area contributed by atoms with Gasteiger partial charge in [0.1, 0.15) is 6.04 Å². The number of benzene rings is 2. The van der Waals surface area contributed by atoms with Crippen molar-refractivity contribution in [1.29, 1.82) is 0 Å². The predicted octanol–water partition coefficient (Wildman–Crippen LogP) is 4.00. The normalized spacial score (nSPS) is 11.6. The molecule has 1 atom stereocenters. The van der Waals surface area contributed by atoms with E-state index in [-0.39, 0.29) is 30.1 Å². The molecule has 0 aliphatic heterocycles. The Morgan fingerprint density at radius 2 is 1.86 bits per heavy atom. The van der Waals surface area contributed by atoms with Gasteiger partial charge in [0.05, 0.1) is 11.3 Å². The number of rotatable bonds is 8. The van der Waals surface area contributed by atoms with E-state index in [0.29, 0.717) is 22.2 Å². The average molecular weight is 438 g/mol. The maximum atomic E-state index is 13.1. The number of nitrogens with zero attached hydrogens (tertiary/aromatic N) is 2. The summed E-state index contributed by atoms with van der Waals surface area (Å²) in [7, 11) is 0. The van der Waals surface area contributed by atoms with E-state index in [9.17, 15) is 19.7 Å². The fourth-order valence-electron chi connectivity index (χ4n) is 2.84. The molecule has 0 spiro atoms. The first kappa shape index (κ1) is 22.6. The van der Waals surface area contributed by atoms with Crippen LogP contribution in [-0.2, 0) is 22.6 Å². The number of likely N-dealkylation sites (N-methyl/N-ethyl adjacent to an activating group) is 1. The van der Waals surface area contributed by atoms with Crippen molar-refractivity contribution in [3.63, 3.8) is 0 Å². The molecule has 0 heterocycles. The van der Waals surface area contributed by atoms with E-state index in [2.05, 4.69) is 5.32 Å². The summed E-state index contributed by atoms with van der Waals surface area (Å²) in [6.07, 6.45) is -0.216. The molecule has 2 aromatic carbocycles. The molecule has 29 heavy (non-hydrogen) atoms. The number of carbonyl (C=O) groups is 2. The molecule has 2 aromatic rings. The largest absolute Gasteiger partial charge is 0.355 e. The third-order valence-corrected chi connectivity index (χ3v) is 4.99. The van der Waals surface area contributed by atoms with E-state index in [1.54, 1.807) is 38.1 Å². The highest BCUT2D eigenvalue weighted by Gasteiger charge is 2.28. The van der Waals surface area contributed by atoms with Crippen molar-refractivity contribution in [2.45, 2.75) is 32.9 Å². The van der Waals surface area contributed by atoms with Gasteiger partial charge in [0.15, 0.2) is 0 Å². The highest BCUT2D eigenvalue weighted by molar-refractivity contribution is 6.35. The fraction of sp³-hybridized carbons (Fsp3) is 0.300. The van der Waals surface area contributed by atoms with Crippen LogP contribution in [0.25, 0.3) is 0 Å². The zero-order valence-electron chi connectivity index (χ0n) is 16.0. The summed E-state index contributed by atoms with van der Waals surface area (Å²) in [5.41, 5.74) is 0.747. The summed E-state index contributed by atoms with van der Waals surface area (Å²) < 4.78 is 0. The summed E-state index contributed by atoms with van der Waals surface area (Å²) in [4.78, 5) is 37.5. The summed E-state index contributed by atoms with van der Waals surface area (Å²) in [6.45, 7) is 3.86. The molecule has 0 fully saturated rings. The van der Waals surface area contributed by atoms with Crippen molar-refractivity contribution < 1.29 is 14.5 Å². The van der Waals surface area contributed by atoms with E-state index in [1.807, 2.05) is 0 Å². The Kier molecular flexibility index (Phi) is 7.99. The molecule has 7 nitrogen and oxygen atoms in total. The van der Waals surface area contributed by atoms with Crippen LogP contribution >= 0.6 is 23.2 Å². The Hall–Kier alpha value is -2.64. The van der Waals surface area contributed by atoms with Gasteiger partial charge in [0, 0.05) is 34.8 Å². The van der Waals surface area contributed by atoms with Crippen molar-refractivity contribution >= 4 is 40.7 Å². The van der Waals surface area contributed by atoms with Gasteiger partial charge >= 0.3 is 0 Å². The molecule has 1 N–H and O–H groups in total. The number of amides is 2. The summed E-state index contributed by atoms with van der Waals surface area (Å²) >= 11 is 12.2. The predicted molar refractivity (Wildman–Crippen MR) is 112 cm³/mol. The minimum absolute atomic E-state index is 0.0633. The minimum Gasteiger partial charge on any atom is -0.355 e. The van der Waals surface area contributed by atoms with E-state index in [4.69, 9.17) is 23.2 Å². The first-order valence-corrected chi connectivity index (χ1v) is 9.73. The molecule has 0 radical (unpaired) electrons.